The average molecular weight is 550 g/mol. The number of phenols is 1. The number of phenolic OH excluding ortho intramolecular Hbond substituents is 1. The third-order valence-electron chi connectivity index (χ3n) is 6.74. The Morgan fingerprint density at radius 1 is 1.13 bits per heavy atom. The molecule has 202 valence electrons. The number of methoxy groups -OCH3 is 1. The fourth-order valence-electron chi connectivity index (χ4n) is 4.78. The van der Waals surface area contributed by atoms with E-state index in [9.17, 15) is 14.3 Å². The Morgan fingerprint density at radius 2 is 1.87 bits per heavy atom. The van der Waals surface area contributed by atoms with E-state index in [4.69, 9.17) is 21.1 Å². The summed E-state index contributed by atoms with van der Waals surface area (Å²) in [6, 6.07) is 14.2. The minimum Gasteiger partial charge on any atom is -0.507 e. The number of amides is 1. The first kappa shape index (κ1) is 26.6. The highest BCUT2D eigenvalue weighted by Gasteiger charge is 2.43. The summed E-state index contributed by atoms with van der Waals surface area (Å²) in [5.41, 5.74) is 3.99. The van der Waals surface area contributed by atoms with Gasteiger partial charge in [0.25, 0.3) is 5.91 Å². The van der Waals surface area contributed by atoms with Gasteiger partial charge in [0.05, 0.1) is 19.8 Å². The van der Waals surface area contributed by atoms with Crippen molar-refractivity contribution in [3.8, 4) is 28.5 Å². The van der Waals surface area contributed by atoms with Crippen LogP contribution in [0.2, 0.25) is 5.02 Å². The van der Waals surface area contributed by atoms with Crippen LogP contribution in [0, 0.1) is 18.7 Å². The number of nitrogens with zero attached hydrogens (tertiary/aromatic N) is 2. The maximum absolute atomic E-state index is 13.7. The minimum absolute atomic E-state index is 0.00407. The van der Waals surface area contributed by atoms with E-state index >= 15 is 0 Å². The Hall–Kier alpha value is -4.04. The number of rotatable bonds is 8. The van der Waals surface area contributed by atoms with Gasteiger partial charge in [-0.25, -0.2) is 4.39 Å². The standard InChI is InChI=1S/C30H29ClFN3O4/c1-16(2)15-39-24-10-7-19(12-25(24)38-4)29-26-27(21-13-22(31)17(3)11-23(21)36)33-34-28(26)30(37)35(29)14-18-5-8-20(32)9-6-18/h5-13,16,29,36H,14-15H2,1-4H3,(H,33,34). The van der Waals surface area contributed by atoms with E-state index in [0.717, 1.165) is 16.7 Å². The summed E-state index contributed by atoms with van der Waals surface area (Å²) in [6.45, 7) is 6.67. The van der Waals surface area contributed by atoms with Gasteiger partial charge in [-0.3, -0.25) is 9.89 Å². The molecule has 1 atom stereocenters. The molecule has 0 saturated heterocycles. The van der Waals surface area contributed by atoms with Crippen LogP contribution >= 0.6 is 11.6 Å². The van der Waals surface area contributed by atoms with Crippen molar-refractivity contribution in [2.45, 2.75) is 33.4 Å². The van der Waals surface area contributed by atoms with Crippen molar-refractivity contribution in [2.75, 3.05) is 13.7 Å². The van der Waals surface area contributed by atoms with Crippen LogP contribution in [0.1, 0.15) is 52.6 Å². The lowest BCUT2D eigenvalue weighted by Gasteiger charge is -2.27. The van der Waals surface area contributed by atoms with Crippen LogP contribution in [-0.2, 0) is 6.54 Å². The number of halogens is 2. The molecule has 2 N–H and O–H groups in total. The van der Waals surface area contributed by atoms with Gasteiger partial charge < -0.3 is 19.5 Å². The van der Waals surface area contributed by atoms with E-state index in [1.165, 1.54) is 12.1 Å². The SMILES string of the molecule is COc1cc(C2c3c(-c4cc(Cl)c(C)cc4O)n[nH]c3C(=O)N2Cc2ccc(F)cc2)ccc1OCC(C)C. The molecular weight excluding hydrogens is 521 g/mol. The highest BCUT2D eigenvalue weighted by Crippen LogP contribution is 2.47. The van der Waals surface area contributed by atoms with Crippen LogP contribution in [0.15, 0.2) is 54.6 Å². The molecule has 0 bridgehead atoms. The summed E-state index contributed by atoms with van der Waals surface area (Å²) in [7, 11) is 1.57. The number of hydrogen-bond donors (Lipinski definition) is 2. The summed E-state index contributed by atoms with van der Waals surface area (Å²) in [4.78, 5) is 15.4. The molecular formula is C30H29ClFN3O4. The Bertz CT molecular complexity index is 1530. The Labute approximate surface area is 231 Å². The molecule has 0 spiro atoms. The van der Waals surface area contributed by atoms with Crippen molar-refractivity contribution in [2.24, 2.45) is 5.92 Å². The quantitative estimate of drug-likeness (QED) is 0.256. The zero-order chi connectivity index (χ0) is 27.8. The first-order valence-electron chi connectivity index (χ1n) is 12.6. The molecule has 0 radical (unpaired) electrons. The zero-order valence-electron chi connectivity index (χ0n) is 22.1. The number of aromatic hydroxyl groups is 1. The number of carbonyl (C=O) groups is 1. The van der Waals surface area contributed by atoms with Crippen LogP contribution in [0.25, 0.3) is 11.3 Å². The van der Waals surface area contributed by atoms with Crippen molar-refractivity contribution in [1.29, 1.82) is 0 Å². The monoisotopic (exact) mass is 549 g/mol. The smallest absolute Gasteiger partial charge is 0.273 e. The number of nitrogens with one attached hydrogen (secondary N) is 1. The number of aromatic nitrogens is 2. The molecule has 0 saturated carbocycles. The minimum atomic E-state index is -0.584. The molecule has 2 heterocycles. The van der Waals surface area contributed by atoms with Crippen molar-refractivity contribution < 1.29 is 23.8 Å². The Balaban J connectivity index is 1.65. The molecule has 9 heteroatoms. The molecule has 1 aliphatic rings. The molecule has 7 nitrogen and oxygen atoms in total. The number of fused-ring (bicyclic) bond motifs is 1. The Kier molecular flexibility index (Phi) is 7.23. The molecule has 0 fully saturated rings. The highest BCUT2D eigenvalue weighted by atomic mass is 35.5. The first-order valence-corrected chi connectivity index (χ1v) is 13.0. The zero-order valence-corrected chi connectivity index (χ0v) is 22.8. The lowest BCUT2D eigenvalue weighted by Crippen LogP contribution is -2.29. The van der Waals surface area contributed by atoms with Gasteiger partial charge in [-0.2, -0.15) is 5.10 Å². The molecule has 39 heavy (non-hydrogen) atoms. The van der Waals surface area contributed by atoms with Gasteiger partial charge in [0.15, 0.2) is 11.5 Å². The van der Waals surface area contributed by atoms with E-state index in [-0.39, 0.29) is 24.0 Å². The number of ether oxygens (including phenoxy) is 2. The largest absolute Gasteiger partial charge is 0.507 e. The van der Waals surface area contributed by atoms with Crippen LogP contribution < -0.4 is 9.47 Å². The second kappa shape index (κ2) is 10.6. The number of carbonyl (C=O) groups excluding carboxylic acids is 1. The van der Waals surface area contributed by atoms with Gasteiger partial charge in [-0.05, 0) is 65.9 Å². The highest BCUT2D eigenvalue weighted by molar-refractivity contribution is 6.31. The van der Waals surface area contributed by atoms with Crippen molar-refractivity contribution in [1.82, 2.24) is 15.1 Å². The molecule has 1 aromatic heterocycles. The summed E-state index contributed by atoms with van der Waals surface area (Å²) >= 11 is 6.41. The van der Waals surface area contributed by atoms with E-state index in [2.05, 4.69) is 24.0 Å². The molecule has 0 aliphatic carbocycles. The van der Waals surface area contributed by atoms with E-state index in [1.54, 1.807) is 43.2 Å². The van der Waals surface area contributed by atoms with Crippen molar-refractivity contribution >= 4 is 17.5 Å². The van der Waals surface area contributed by atoms with Crippen LogP contribution in [0.4, 0.5) is 4.39 Å². The van der Waals surface area contributed by atoms with Crippen LogP contribution in [0.3, 0.4) is 0 Å². The van der Waals surface area contributed by atoms with Gasteiger partial charge in [0.2, 0.25) is 0 Å². The molecule has 4 aromatic rings. The van der Waals surface area contributed by atoms with Crippen LogP contribution in [-0.4, -0.2) is 39.8 Å². The number of hydrogen-bond acceptors (Lipinski definition) is 5. The van der Waals surface area contributed by atoms with Gasteiger partial charge in [-0.1, -0.05) is 43.6 Å². The van der Waals surface area contributed by atoms with Gasteiger partial charge in [0.1, 0.15) is 23.0 Å². The van der Waals surface area contributed by atoms with Crippen LogP contribution in [0.5, 0.6) is 17.2 Å². The lowest BCUT2D eigenvalue weighted by molar-refractivity contribution is 0.0730. The third kappa shape index (κ3) is 5.04. The lowest BCUT2D eigenvalue weighted by atomic mass is 9.94. The number of aryl methyl sites for hydroxylation is 1. The predicted octanol–water partition coefficient (Wildman–Crippen LogP) is 6.67. The van der Waals surface area contributed by atoms with Crippen molar-refractivity contribution in [3.05, 3.63) is 93.4 Å². The molecule has 3 aromatic carbocycles. The molecule has 5 rings (SSSR count). The molecule has 1 amide bonds. The normalized spacial score (nSPS) is 14.7. The number of aromatic amines is 1. The molecule has 1 aliphatic heterocycles. The fraction of sp³-hybridized carbons (Fsp3) is 0.267. The third-order valence-corrected chi connectivity index (χ3v) is 7.14. The average Bonchev–Trinajstić information content (AvgIpc) is 3.45. The predicted molar refractivity (Wildman–Crippen MR) is 147 cm³/mol. The van der Waals surface area contributed by atoms with Crippen molar-refractivity contribution in [3.63, 3.8) is 0 Å². The summed E-state index contributed by atoms with van der Waals surface area (Å²) < 4.78 is 25.2. The van der Waals surface area contributed by atoms with Gasteiger partial charge >= 0.3 is 0 Å². The van der Waals surface area contributed by atoms with Gasteiger partial charge in [0, 0.05) is 22.7 Å². The summed E-state index contributed by atoms with van der Waals surface area (Å²) in [6.07, 6.45) is 0. The Morgan fingerprint density at radius 3 is 2.56 bits per heavy atom. The van der Waals surface area contributed by atoms with E-state index in [0.29, 0.717) is 51.6 Å². The summed E-state index contributed by atoms with van der Waals surface area (Å²) in [5, 5.41) is 18.6. The number of H-pyrrole nitrogens is 1. The fourth-order valence-corrected chi connectivity index (χ4v) is 4.95. The second-order valence-corrected chi connectivity index (χ2v) is 10.5. The molecule has 1 unspecified atom stereocenters. The topological polar surface area (TPSA) is 87.7 Å². The maximum atomic E-state index is 13.7. The second-order valence-electron chi connectivity index (χ2n) is 10.1. The maximum Gasteiger partial charge on any atom is 0.273 e. The van der Waals surface area contributed by atoms with E-state index in [1.807, 2.05) is 18.2 Å². The number of benzene rings is 3. The van der Waals surface area contributed by atoms with E-state index < -0.39 is 6.04 Å². The summed E-state index contributed by atoms with van der Waals surface area (Å²) in [5.74, 6) is 0.840. The van der Waals surface area contributed by atoms with Gasteiger partial charge in [-0.15, -0.1) is 0 Å². The first-order chi connectivity index (χ1) is 18.7.